The molecule has 1 fully saturated rings. The molecule has 4 nitrogen and oxygen atoms in total. The fourth-order valence-electron chi connectivity index (χ4n) is 3.27. The summed E-state index contributed by atoms with van der Waals surface area (Å²) in [6.07, 6.45) is 2.15. The van der Waals surface area contributed by atoms with Gasteiger partial charge in [0, 0.05) is 47.4 Å². The van der Waals surface area contributed by atoms with Crippen LogP contribution >= 0.6 is 0 Å². The van der Waals surface area contributed by atoms with Gasteiger partial charge in [-0.15, -0.1) is 0 Å². The summed E-state index contributed by atoms with van der Waals surface area (Å²) < 4.78 is 6.15. The summed E-state index contributed by atoms with van der Waals surface area (Å²) in [4.78, 5) is 2.44. The van der Waals surface area contributed by atoms with Crippen LogP contribution in [0.1, 0.15) is 40.5 Å². The van der Waals surface area contributed by atoms with Crippen LogP contribution < -0.4 is 16.2 Å². The van der Waals surface area contributed by atoms with Crippen molar-refractivity contribution in [1.29, 1.82) is 0 Å². The maximum absolute atomic E-state index is 6.15. The molecule has 0 aromatic heterocycles. The second-order valence-electron chi connectivity index (χ2n) is 7.17. The molecule has 0 atom stereocenters. The van der Waals surface area contributed by atoms with Crippen molar-refractivity contribution < 1.29 is 4.74 Å². The van der Waals surface area contributed by atoms with Crippen LogP contribution in [0.5, 0.6) is 5.75 Å². The highest BCUT2D eigenvalue weighted by molar-refractivity contribution is 5.56. The Morgan fingerprint density at radius 3 is 1.90 bits per heavy atom. The van der Waals surface area contributed by atoms with E-state index < -0.39 is 0 Å². The molecule has 1 aliphatic rings. The van der Waals surface area contributed by atoms with Crippen LogP contribution in [0.4, 0.5) is 11.4 Å². The Kier molecular flexibility index (Phi) is 3.63. The van der Waals surface area contributed by atoms with Gasteiger partial charge in [-0.3, -0.25) is 4.90 Å². The predicted octanol–water partition coefficient (Wildman–Crippen LogP) is 2.88. The van der Waals surface area contributed by atoms with E-state index in [1.54, 1.807) is 6.07 Å². The SMILES string of the molecule is CN1C(C)(C)CC(Oc2cc(N)cc(N)c2)CC1(C)C. The molecule has 0 bridgehead atoms. The van der Waals surface area contributed by atoms with Crippen molar-refractivity contribution in [2.75, 3.05) is 18.5 Å². The van der Waals surface area contributed by atoms with Gasteiger partial charge in [-0.25, -0.2) is 0 Å². The van der Waals surface area contributed by atoms with Crippen LogP contribution in [-0.4, -0.2) is 29.1 Å². The fraction of sp³-hybridized carbons (Fsp3) is 0.625. The maximum Gasteiger partial charge on any atom is 0.123 e. The molecule has 20 heavy (non-hydrogen) atoms. The molecule has 1 heterocycles. The highest BCUT2D eigenvalue weighted by atomic mass is 16.5. The number of nitrogen functional groups attached to an aromatic ring is 2. The van der Waals surface area contributed by atoms with Crippen LogP contribution in [0.3, 0.4) is 0 Å². The Morgan fingerprint density at radius 2 is 1.45 bits per heavy atom. The third-order valence-corrected chi connectivity index (χ3v) is 4.52. The number of hydrogen-bond donors (Lipinski definition) is 2. The minimum absolute atomic E-state index is 0.109. The molecule has 1 aromatic carbocycles. The van der Waals surface area contributed by atoms with Crippen LogP contribution in [0, 0.1) is 0 Å². The number of piperidine rings is 1. The third-order valence-electron chi connectivity index (χ3n) is 4.52. The molecule has 0 radical (unpaired) electrons. The van der Waals surface area contributed by atoms with E-state index in [1.807, 2.05) is 12.1 Å². The lowest BCUT2D eigenvalue weighted by Crippen LogP contribution is -2.60. The summed E-state index contributed by atoms with van der Waals surface area (Å²) in [5, 5.41) is 0. The molecule has 4 N–H and O–H groups in total. The molecule has 1 saturated heterocycles. The Labute approximate surface area is 122 Å². The van der Waals surface area contributed by atoms with Crippen molar-refractivity contribution in [3.63, 3.8) is 0 Å². The van der Waals surface area contributed by atoms with Gasteiger partial charge in [0.1, 0.15) is 11.9 Å². The van der Waals surface area contributed by atoms with Crippen molar-refractivity contribution in [3.8, 4) is 5.75 Å². The van der Waals surface area contributed by atoms with Gasteiger partial charge in [-0.1, -0.05) is 0 Å². The molecular weight excluding hydrogens is 250 g/mol. The zero-order valence-electron chi connectivity index (χ0n) is 13.2. The summed E-state index contributed by atoms with van der Waals surface area (Å²) in [5.74, 6) is 0.767. The Morgan fingerprint density at radius 1 is 1.00 bits per heavy atom. The van der Waals surface area contributed by atoms with E-state index >= 15 is 0 Å². The number of anilines is 2. The second kappa shape index (κ2) is 4.85. The molecule has 0 amide bonds. The number of rotatable bonds is 2. The molecule has 1 aliphatic heterocycles. The van der Waals surface area contributed by atoms with Crippen LogP contribution in [0.2, 0.25) is 0 Å². The quantitative estimate of drug-likeness (QED) is 0.816. The van der Waals surface area contributed by atoms with E-state index in [4.69, 9.17) is 16.2 Å². The molecular formula is C16H27N3O. The molecule has 4 heteroatoms. The van der Waals surface area contributed by atoms with Crippen molar-refractivity contribution in [2.45, 2.75) is 57.7 Å². The molecule has 0 spiro atoms. The number of ether oxygens (including phenoxy) is 1. The van der Waals surface area contributed by atoms with Gasteiger partial charge >= 0.3 is 0 Å². The second-order valence-corrected chi connectivity index (χ2v) is 7.17. The first kappa shape index (κ1) is 15.0. The average molecular weight is 277 g/mol. The number of nitrogens with two attached hydrogens (primary N) is 2. The first-order valence-corrected chi connectivity index (χ1v) is 7.17. The third kappa shape index (κ3) is 3.01. The van der Waals surface area contributed by atoms with E-state index in [9.17, 15) is 0 Å². The number of hydrogen-bond acceptors (Lipinski definition) is 4. The van der Waals surface area contributed by atoms with Crippen molar-refractivity contribution in [3.05, 3.63) is 18.2 Å². The first-order chi connectivity index (χ1) is 9.10. The molecule has 0 aliphatic carbocycles. The summed E-state index contributed by atoms with van der Waals surface area (Å²) in [5.41, 5.74) is 13.2. The predicted molar refractivity (Wildman–Crippen MR) is 84.8 cm³/mol. The van der Waals surface area contributed by atoms with E-state index in [0.717, 1.165) is 18.6 Å². The highest BCUT2D eigenvalue weighted by Crippen LogP contribution is 2.38. The van der Waals surface area contributed by atoms with Crippen molar-refractivity contribution >= 4 is 11.4 Å². The van der Waals surface area contributed by atoms with Gasteiger partial charge in [0.2, 0.25) is 0 Å². The Balaban J connectivity index is 2.18. The van der Waals surface area contributed by atoms with Gasteiger partial charge in [-0.05, 0) is 40.8 Å². The normalized spacial score (nSPS) is 22.6. The van der Waals surface area contributed by atoms with E-state index in [0.29, 0.717) is 11.4 Å². The number of nitrogens with zero attached hydrogens (tertiary/aromatic N) is 1. The lowest BCUT2D eigenvalue weighted by molar-refractivity contribution is -0.0556. The first-order valence-electron chi connectivity index (χ1n) is 7.17. The molecule has 1 aromatic rings. The van der Waals surface area contributed by atoms with Gasteiger partial charge in [0.15, 0.2) is 0 Å². The van der Waals surface area contributed by atoms with E-state index in [2.05, 4.69) is 39.6 Å². The monoisotopic (exact) mass is 277 g/mol. The van der Waals surface area contributed by atoms with Gasteiger partial charge in [0.25, 0.3) is 0 Å². The highest BCUT2D eigenvalue weighted by Gasteiger charge is 2.43. The summed E-state index contributed by atoms with van der Waals surface area (Å²) >= 11 is 0. The lowest BCUT2D eigenvalue weighted by Gasteiger charge is -2.53. The largest absolute Gasteiger partial charge is 0.490 e. The summed E-state index contributed by atoms with van der Waals surface area (Å²) in [6, 6.07) is 5.43. The number of likely N-dealkylation sites (tertiary alicyclic amines) is 1. The van der Waals surface area contributed by atoms with Crippen molar-refractivity contribution in [2.24, 2.45) is 0 Å². The van der Waals surface area contributed by atoms with Crippen LogP contribution in [0.25, 0.3) is 0 Å². The topological polar surface area (TPSA) is 64.5 Å². The molecule has 0 saturated carbocycles. The van der Waals surface area contributed by atoms with Crippen LogP contribution in [0.15, 0.2) is 18.2 Å². The Hall–Kier alpha value is -1.42. The minimum Gasteiger partial charge on any atom is -0.490 e. The zero-order valence-corrected chi connectivity index (χ0v) is 13.2. The molecule has 112 valence electrons. The van der Waals surface area contributed by atoms with Gasteiger partial charge in [-0.2, -0.15) is 0 Å². The molecule has 2 rings (SSSR count). The number of benzene rings is 1. The maximum atomic E-state index is 6.15. The van der Waals surface area contributed by atoms with Crippen molar-refractivity contribution in [1.82, 2.24) is 4.90 Å². The standard InChI is InChI=1S/C16H27N3O/c1-15(2)9-14(10-16(3,4)19(15)5)20-13-7-11(17)6-12(18)8-13/h6-8,14H,9-10,17-18H2,1-5H3. The molecule has 0 unspecified atom stereocenters. The smallest absolute Gasteiger partial charge is 0.123 e. The average Bonchev–Trinajstić information content (AvgIpc) is 2.23. The minimum atomic E-state index is 0.109. The zero-order chi connectivity index (χ0) is 15.1. The van der Waals surface area contributed by atoms with Crippen LogP contribution in [-0.2, 0) is 0 Å². The summed E-state index contributed by atoms with van der Waals surface area (Å²) in [7, 11) is 2.19. The lowest BCUT2D eigenvalue weighted by atomic mass is 9.79. The van der Waals surface area contributed by atoms with Gasteiger partial charge < -0.3 is 16.2 Å². The Bertz CT molecular complexity index is 458. The summed E-state index contributed by atoms with van der Waals surface area (Å²) in [6.45, 7) is 9.05. The fourth-order valence-corrected chi connectivity index (χ4v) is 3.27. The van der Waals surface area contributed by atoms with Gasteiger partial charge in [0.05, 0.1) is 0 Å². The van der Waals surface area contributed by atoms with E-state index in [-0.39, 0.29) is 17.2 Å². The van der Waals surface area contributed by atoms with E-state index in [1.165, 1.54) is 0 Å².